The maximum Gasteiger partial charge on any atom is 0.417 e. The summed E-state index contributed by atoms with van der Waals surface area (Å²) < 4.78 is 39.9. The van der Waals surface area contributed by atoms with Crippen molar-refractivity contribution in [3.05, 3.63) is 29.6 Å². The van der Waals surface area contributed by atoms with E-state index >= 15 is 0 Å². The van der Waals surface area contributed by atoms with Gasteiger partial charge in [-0.15, -0.1) is 0 Å². The highest BCUT2D eigenvalue weighted by atomic mass is 19.4. The zero-order chi connectivity index (χ0) is 13.7. The van der Waals surface area contributed by atoms with Crippen molar-refractivity contribution in [3.8, 4) is 0 Å². The minimum atomic E-state index is -4.35. The summed E-state index contributed by atoms with van der Waals surface area (Å²) in [4.78, 5) is 3.92. The Hall–Kier alpha value is -1.52. The molecule has 0 fully saturated rings. The van der Waals surface area contributed by atoms with Crippen LogP contribution in [0.1, 0.15) is 31.9 Å². The van der Waals surface area contributed by atoms with E-state index in [2.05, 4.69) is 4.98 Å². The summed E-state index contributed by atoms with van der Waals surface area (Å²) in [6, 6.07) is 1.18. The molecule has 2 rings (SSSR count). The zero-order valence-electron chi connectivity index (χ0n) is 10.8. The number of hydrogen-bond acceptors (Lipinski definition) is 1. The van der Waals surface area contributed by atoms with Gasteiger partial charge in [-0.3, -0.25) is 0 Å². The molecule has 0 saturated carbocycles. The van der Waals surface area contributed by atoms with Gasteiger partial charge in [-0.2, -0.15) is 13.2 Å². The van der Waals surface area contributed by atoms with Crippen molar-refractivity contribution in [3.63, 3.8) is 0 Å². The molecule has 0 aliphatic carbocycles. The number of halogens is 3. The standard InChI is InChI=1S/C13H15F3N2/c1-12(2,3)10-7-18(4)11-9(10)5-8(6-17-11)13(14,15)16/h5-7H,1-4H3. The highest BCUT2D eigenvalue weighted by molar-refractivity contribution is 5.82. The monoisotopic (exact) mass is 256 g/mol. The first kappa shape index (κ1) is 12.9. The molecular weight excluding hydrogens is 241 g/mol. The quantitative estimate of drug-likeness (QED) is 0.699. The number of hydrogen-bond donors (Lipinski definition) is 0. The van der Waals surface area contributed by atoms with E-state index in [1.807, 2.05) is 27.0 Å². The lowest BCUT2D eigenvalue weighted by atomic mass is 9.87. The average Bonchev–Trinajstić information content (AvgIpc) is 2.54. The van der Waals surface area contributed by atoms with Gasteiger partial charge in [0.1, 0.15) is 5.65 Å². The number of alkyl halides is 3. The normalized spacial score (nSPS) is 13.3. The van der Waals surface area contributed by atoms with E-state index in [1.165, 1.54) is 6.07 Å². The van der Waals surface area contributed by atoms with Crippen LogP contribution in [0.3, 0.4) is 0 Å². The number of pyridine rings is 1. The molecule has 0 bridgehead atoms. The lowest BCUT2D eigenvalue weighted by Crippen LogP contribution is -2.11. The van der Waals surface area contributed by atoms with Gasteiger partial charge in [0.2, 0.25) is 0 Å². The molecule has 2 aromatic heterocycles. The molecule has 0 radical (unpaired) electrons. The third-order valence-corrected chi connectivity index (χ3v) is 2.95. The highest BCUT2D eigenvalue weighted by Crippen LogP contribution is 2.35. The summed E-state index contributed by atoms with van der Waals surface area (Å²) >= 11 is 0. The Morgan fingerprint density at radius 2 is 1.78 bits per heavy atom. The zero-order valence-corrected chi connectivity index (χ0v) is 10.8. The maximum absolute atomic E-state index is 12.7. The van der Waals surface area contributed by atoms with Gasteiger partial charge in [-0.05, 0) is 17.0 Å². The van der Waals surface area contributed by atoms with Crippen LogP contribution in [0.25, 0.3) is 11.0 Å². The van der Waals surface area contributed by atoms with E-state index in [9.17, 15) is 13.2 Å². The second kappa shape index (κ2) is 3.73. The average molecular weight is 256 g/mol. The molecule has 0 saturated heterocycles. The van der Waals surface area contributed by atoms with Gasteiger partial charge in [-0.1, -0.05) is 20.8 Å². The van der Waals surface area contributed by atoms with Crippen LogP contribution in [0.15, 0.2) is 18.5 Å². The molecule has 0 atom stereocenters. The predicted molar refractivity (Wildman–Crippen MR) is 64.4 cm³/mol. The Morgan fingerprint density at radius 1 is 1.17 bits per heavy atom. The molecule has 0 amide bonds. The fourth-order valence-corrected chi connectivity index (χ4v) is 2.01. The molecule has 0 N–H and O–H groups in total. The van der Waals surface area contributed by atoms with Crippen molar-refractivity contribution in [1.29, 1.82) is 0 Å². The molecule has 0 spiro atoms. The van der Waals surface area contributed by atoms with Crippen LogP contribution in [-0.2, 0) is 18.6 Å². The van der Waals surface area contributed by atoms with Crippen LogP contribution in [0, 0.1) is 0 Å². The van der Waals surface area contributed by atoms with E-state index in [0.29, 0.717) is 11.0 Å². The summed E-state index contributed by atoms with van der Waals surface area (Å²) in [6.45, 7) is 5.92. The number of nitrogens with zero attached hydrogens (tertiary/aromatic N) is 2. The topological polar surface area (TPSA) is 17.8 Å². The molecule has 2 aromatic rings. The fraction of sp³-hybridized carbons (Fsp3) is 0.462. The van der Waals surface area contributed by atoms with Crippen LogP contribution in [-0.4, -0.2) is 9.55 Å². The van der Waals surface area contributed by atoms with Crippen LogP contribution in [0.5, 0.6) is 0 Å². The van der Waals surface area contributed by atoms with Crippen molar-refractivity contribution in [2.45, 2.75) is 32.4 Å². The predicted octanol–water partition coefficient (Wildman–Crippen LogP) is 3.89. The summed E-state index contributed by atoms with van der Waals surface area (Å²) in [5, 5.41) is 0.569. The van der Waals surface area contributed by atoms with Crippen LogP contribution < -0.4 is 0 Å². The Morgan fingerprint density at radius 3 is 2.28 bits per heavy atom. The van der Waals surface area contributed by atoms with Gasteiger partial charge in [-0.25, -0.2) is 4.98 Å². The first-order valence-corrected chi connectivity index (χ1v) is 5.63. The molecular formula is C13H15F3N2. The third kappa shape index (κ3) is 2.09. The Kier molecular flexibility index (Phi) is 2.68. The van der Waals surface area contributed by atoms with E-state index in [-0.39, 0.29) is 5.41 Å². The van der Waals surface area contributed by atoms with Gasteiger partial charge >= 0.3 is 6.18 Å². The highest BCUT2D eigenvalue weighted by Gasteiger charge is 2.32. The molecule has 0 aliphatic heterocycles. The molecule has 0 aliphatic rings. The second-order valence-corrected chi connectivity index (χ2v) is 5.50. The van der Waals surface area contributed by atoms with Crippen LogP contribution >= 0.6 is 0 Å². The molecule has 0 aromatic carbocycles. The van der Waals surface area contributed by atoms with Crippen molar-refractivity contribution in [1.82, 2.24) is 9.55 Å². The minimum absolute atomic E-state index is 0.217. The Balaban J connectivity index is 2.75. The van der Waals surface area contributed by atoms with Crippen molar-refractivity contribution in [2.24, 2.45) is 7.05 Å². The fourth-order valence-electron chi connectivity index (χ4n) is 2.01. The molecule has 2 heterocycles. The van der Waals surface area contributed by atoms with E-state index < -0.39 is 11.7 Å². The molecule has 98 valence electrons. The number of rotatable bonds is 0. The summed E-state index contributed by atoms with van der Waals surface area (Å²) in [5.41, 5.74) is 0.532. The first-order valence-electron chi connectivity index (χ1n) is 5.63. The van der Waals surface area contributed by atoms with Gasteiger partial charge in [0.05, 0.1) is 5.56 Å². The first-order chi connectivity index (χ1) is 8.10. The number of aromatic nitrogens is 2. The van der Waals surface area contributed by atoms with E-state index in [0.717, 1.165) is 11.8 Å². The second-order valence-electron chi connectivity index (χ2n) is 5.50. The van der Waals surface area contributed by atoms with Crippen LogP contribution in [0.4, 0.5) is 13.2 Å². The van der Waals surface area contributed by atoms with Gasteiger partial charge < -0.3 is 4.57 Å². The molecule has 0 unspecified atom stereocenters. The third-order valence-electron chi connectivity index (χ3n) is 2.95. The maximum atomic E-state index is 12.7. The lowest BCUT2D eigenvalue weighted by molar-refractivity contribution is -0.137. The smallest absolute Gasteiger partial charge is 0.335 e. The van der Waals surface area contributed by atoms with Crippen molar-refractivity contribution in [2.75, 3.05) is 0 Å². The lowest BCUT2D eigenvalue weighted by Gasteiger charge is -2.17. The minimum Gasteiger partial charge on any atom is -0.335 e. The Labute approximate surface area is 103 Å². The van der Waals surface area contributed by atoms with Crippen molar-refractivity contribution < 1.29 is 13.2 Å². The van der Waals surface area contributed by atoms with E-state index in [1.54, 1.807) is 11.6 Å². The molecule has 2 nitrogen and oxygen atoms in total. The largest absolute Gasteiger partial charge is 0.417 e. The molecule has 18 heavy (non-hydrogen) atoms. The van der Waals surface area contributed by atoms with Crippen molar-refractivity contribution >= 4 is 11.0 Å². The van der Waals surface area contributed by atoms with E-state index in [4.69, 9.17) is 0 Å². The summed E-state index contributed by atoms with van der Waals surface area (Å²) in [5.74, 6) is 0. The summed E-state index contributed by atoms with van der Waals surface area (Å²) in [7, 11) is 1.79. The summed E-state index contributed by atoms with van der Waals surface area (Å²) in [6.07, 6.45) is -1.63. The van der Waals surface area contributed by atoms with Gasteiger partial charge in [0.25, 0.3) is 0 Å². The molecule has 5 heteroatoms. The Bertz CT molecular complexity index is 589. The number of fused-ring (bicyclic) bond motifs is 1. The number of aryl methyl sites for hydroxylation is 1. The van der Waals surface area contributed by atoms with Crippen LogP contribution in [0.2, 0.25) is 0 Å². The van der Waals surface area contributed by atoms with Gasteiger partial charge in [0.15, 0.2) is 0 Å². The van der Waals surface area contributed by atoms with Gasteiger partial charge in [0, 0.05) is 24.8 Å². The SMILES string of the molecule is Cn1cc(C(C)(C)C)c2cc(C(F)(F)F)cnc21.